The Morgan fingerprint density at radius 2 is 0.500 bits per heavy atom. The van der Waals surface area contributed by atoms with Crippen molar-refractivity contribution in [2.24, 2.45) is 0 Å². The van der Waals surface area contributed by atoms with E-state index in [1.165, 1.54) is 0 Å². The zero-order valence-electron chi connectivity index (χ0n) is 31.1. The van der Waals surface area contributed by atoms with Gasteiger partial charge in [-0.15, -0.1) is 0 Å². The second kappa shape index (κ2) is 13.7. The van der Waals surface area contributed by atoms with Crippen molar-refractivity contribution < 1.29 is 13.3 Å². The predicted molar refractivity (Wildman–Crippen MR) is 198 cm³/mol. The van der Waals surface area contributed by atoms with E-state index in [9.17, 15) is 0 Å². The molecule has 0 aromatic rings. The SMILES string of the molecule is CCC(C)(C)P(CC)(CC)(CC)OB(OP(CC)(CC)(CC)C(C)(C)CC)OP(CC)(CC)(CC)C(C)(C)CC. The first kappa shape index (κ1) is 41.2. The summed E-state index contributed by atoms with van der Waals surface area (Å²) in [5, 5.41) is 0.243. The van der Waals surface area contributed by atoms with E-state index in [-0.39, 0.29) is 15.5 Å². The Labute approximate surface area is 255 Å². The molecule has 0 heterocycles. The van der Waals surface area contributed by atoms with Gasteiger partial charge in [0.25, 0.3) is 0 Å². The van der Waals surface area contributed by atoms with Gasteiger partial charge < -0.3 is 0 Å². The molecule has 246 valence electrons. The monoisotopic (exact) mass is 627 g/mol. The molecule has 0 rings (SSSR count). The molecule has 0 aromatic heterocycles. The summed E-state index contributed by atoms with van der Waals surface area (Å²) < 4.78 is 23.8. The Bertz CT molecular complexity index is 661. The Balaban J connectivity index is 8.00. The fourth-order valence-corrected chi connectivity index (χ4v) is 27.0. The van der Waals surface area contributed by atoms with Crippen LogP contribution in [0.4, 0.5) is 0 Å². The average molecular weight is 627 g/mol. The molecular weight excluding hydrogens is 548 g/mol. The summed E-state index contributed by atoms with van der Waals surface area (Å²) in [6.45, 7) is 35.2. The summed E-state index contributed by atoms with van der Waals surface area (Å²) in [6.07, 6.45) is 12.9. The fraction of sp³-hybridized carbons (Fsp3) is 1.00. The van der Waals surface area contributed by atoms with Gasteiger partial charge in [0.2, 0.25) is 0 Å². The van der Waals surface area contributed by atoms with Gasteiger partial charge in [-0.05, 0) is 0 Å². The Morgan fingerprint density at radius 3 is 0.600 bits per heavy atom. The summed E-state index contributed by atoms with van der Waals surface area (Å²) in [6, 6.07) is 0. The molecule has 3 nitrogen and oxygen atoms in total. The van der Waals surface area contributed by atoms with Crippen LogP contribution in [0.2, 0.25) is 0 Å². The molecule has 0 spiro atoms. The Kier molecular flexibility index (Phi) is 14.1. The fourth-order valence-electron chi connectivity index (χ4n) is 8.90. The van der Waals surface area contributed by atoms with Gasteiger partial charge in [0.05, 0.1) is 0 Å². The molecule has 0 aliphatic carbocycles. The molecule has 0 saturated carbocycles. The van der Waals surface area contributed by atoms with Gasteiger partial charge in [-0.1, -0.05) is 0 Å². The van der Waals surface area contributed by atoms with Crippen LogP contribution < -0.4 is 0 Å². The molecule has 7 heteroatoms. The molecule has 0 aliphatic rings. The van der Waals surface area contributed by atoms with Crippen LogP contribution in [0.5, 0.6) is 0 Å². The molecule has 0 atom stereocenters. The summed E-state index contributed by atoms with van der Waals surface area (Å²) in [5.74, 6) is 0. The second-order valence-electron chi connectivity index (χ2n) is 14.8. The zero-order chi connectivity index (χ0) is 32.0. The molecule has 0 saturated heterocycles. The number of rotatable bonds is 21. The van der Waals surface area contributed by atoms with Crippen molar-refractivity contribution in [2.45, 2.75) is 159 Å². The van der Waals surface area contributed by atoms with Crippen LogP contribution in [0.1, 0.15) is 144 Å². The van der Waals surface area contributed by atoms with Gasteiger partial charge in [-0.3, -0.25) is 0 Å². The molecule has 40 heavy (non-hydrogen) atoms. The summed E-state index contributed by atoms with van der Waals surface area (Å²) in [5.41, 5.74) is 0. The minimum atomic E-state index is -2.76. The van der Waals surface area contributed by atoms with E-state index in [1.54, 1.807) is 0 Å². The minimum absolute atomic E-state index is 0.0809. The molecular formula is C33H78BO3P3. The standard InChI is InChI=1S/C33H78BO3P3/c1-19-31(13,14)38(22-4,23-5,24-6)35-34(36-39(25-7,26-8,27-9)32(15,16)20-2)37-40(28-10,29-11,30-12)33(17,18)21-3/h19-30H2,1-18H3. The molecule has 0 bridgehead atoms. The maximum absolute atomic E-state index is 7.93. The topological polar surface area (TPSA) is 27.7 Å². The molecule has 0 aromatic carbocycles. The molecule has 0 N–H and O–H groups in total. The zero-order valence-corrected chi connectivity index (χ0v) is 33.8. The van der Waals surface area contributed by atoms with Crippen LogP contribution in [0.15, 0.2) is 0 Å². The molecule has 0 unspecified atom stereocenters. The van der Waals surface area contributed by atoms with Crippen molar-refractivity contribution in [1.82, 2.24) is 0 Å². The Hall–Kier alpha value is 1.23. The van der Waals surface area contributed by atoms with Crippen molar-refractivity contribution in [3.05, 3.63) is 0 Å². The molecule has 0 amide bonds. The van der Waals surface area contributed by atoms with E-state index in [0.29, 0.717) is 0 Å². The first-order chi connectivity index (χ1) is 18.2. The van der Waals surface area contributed by atoms with Crippen LogP contribution in [0.3, 0.4) is 0 Å². The van der Waals surface area contributed by atoms with Gasteiger partial charge in [0, 0.05) is 0 Å². The van der Waals surface area contributed by atoms with Gasteiger partial charge in [-0.25, -0.2) is 0 Å². The molecule has 0 aliphatic heterocycles. The maximum atomic E-state index is 7.93. The van der Waals surface area contributed by atoms with E-state index in [4.69, 9.17) is 13.3 Å². The van der Waals surface area contributed by atoms with E-state index in [0.717, 1.165) is 74.7 Å². The summed E-state index contributed by atoms with van der Waals surface area (Å²) >= 11 is 0. The van der Waals surface area contributed by atoms with Crippen molar-refractivity contribution in [3.8, 4) is 0 Å². The van der Waals surface area contributed by atoms with Gasteiger partial charge >= 0.3 is 256 Å². The second-order valence-corrected chi connectivity index (χ2v) is 34.5. The van der Waals surface area contributed by atoms with Crippen LogP contribution in [-0.2, 0) is 13.3 Å². The third-order valence-electron chi connectivity index (χ3n) is 14.9. The van der Waals surface area contributed by atoms with Gasteiger partial charge in [0.1, 0.15) is 0 Å². The van der Waals surface area contributed by atoms with Crippen LogP contribution >= 0.6 is 20.5 Å². The molecule has 0 fully saturated rings. The third kappa shape index (κ3) is 5.71. The average Bonchev–Trinajstić information content (AvgIpc) is 2.97. The van der Waals surface area contributed by atoms with E-state index >= 15 is 0 Å². The van der Waals surface area contributed by atoms with Crippen LogP contribution in [-0.4, -0.2) is 78.2 Å². The first-order valence-electron chi connectivity index (χ1n) is 17.3. The normalized spacial score (nSPS) is 17.4. The number of hydrogen-bond acceptors (Lipinski definition) is 3. The summed E-state index contributed by atoms with van der Waals surface area (Å²) in [7, 11) is -0.616. The third-order valence-corrected chi connectivity index (χ3v) is 40.4. The molecule has 0 radical (unpaired) electrons. The first-order valence-corrected chi connectivity index (χ1v) is 25.4. The van der Waals surface area contributed by atoms with Crippen molar-refractivity contribution >= 4 is 27.8 Å². The van der Waals surface area contributed by atoms with E-state index in [1.807, 2.05) is 0 Å². The quantitative estimate of drug-likeness (QED) is 0.0937. The predicted octanol–water partition coefficient (Wildman–Crippen LogP) is 12.2. The Morgan fingerprint density at radius 1 is 0.350 bits per heavy atom. The van der Waals surface area contributed by atoms with Crippen molar-refractivity contribution in [2.75, 3.05) is 55.5 Å². The van der Waals surface area contributed by atoms with Crippen molar-refractivity contribution in [3.63, 3.8) is 0 Å². The van der Waals surface area contributed by atoms with Gasteiger partial charge in [-0.2, -0.15) is 0 Å². The van der Waals surface area contributed by atoms with E-state index < -0.39 is 27.8 Å². The summed E-state index contributed by atoms with van der Waals surface area (Å²) in [4.78, 5) is 0. The van der Waals surface area contributed by atoms with Crippen LogP contribution in [0.25, 0.3) is 0 Å². The van der Waals surface area contributed by atoms with Gasteiger partial charge in [0.15, 0.2) is 0 Å². The van der Waals surface area contributed by atoms with Crippen molar-refractivity contribution in [1.29, 1.82) is 0 Å². The number of hydrogen-bond donors (Lipinski definition) is 0. The van der Waals surface area contributed by atoms with Crippen LogP contribution in [0, 0.1) is 0 Å². The van der Waals surface area contributed by atoms with E-state index in [2.05, 4.69) is 125 Å².